The maximum absolute atomic E-state index is 8.33. The molecule has 0 radical (unpaired) electrons. The Morgan fingerprint density at radius 3 is 0.864 bits per heavy atom. The normalized spacial score (nSPS) is 9.64. The molecule has 0 saturated heterocycles. The van der Waals surface area contributed by atoms with E-state index in [4.69, 9.17) is 15.0 Å². The fourth-order valence-electron chi connectivity index (χ4n) is 1.53. The van der Waals surface area contributed by atoms with Gasteiger partial charge in [-0.15, -0.1) is 0 Å². The van der Waals surface area contributed by atoms with E-state index in [2.05, 4.69) is 55.4 Å². The number of carbonyl (C=O) groups excluding carboxylic acids is 1. The van der Waals surface area contributed by atoms with Gasteiger partial charge < -0.3 is 15.0 Å². The molecule has 0 aromatic carbocycles. The first-order valence-electron chi connectivity index (χ1n) is 8.50. The van der Waals surface area contributed by atoms with E-state index < -0.39 is 6.16 Å². The molecule has 0 aliphatic carbocycles. The van der Waals surface area contributed by atoms with Crippen molar-refractivity contribution in [1.82, 2.24) is 0 Å². The van der Waals surface area contributed by atoms with Crippen molar-refractivity contribution in [2.75, 3.05) is 0 Å². The summed E-state index contributed by atoms with van der Waals surface area (Å²) in [6, 6.07) is 0. The van der Waals surface area contributed by atoms with Gasteiger partial charge in [-0.2, -0.15) is 0 Å². The van der Waals surface area contributed by atoms with E-state index in [-0.39, 0.29) is 0 Å². The van der Waals surface area contributed by atoms with Gasteiger partial charge in [0.15, 0.2) is 0 Å². The van der Waals surface area contributed by atoms with Crippen LogP contribution in [0.5, 0.6) is 0 Å². The second-order valence-corrected chi connectivity index (χ2v) is 10.4. The third-order valence-electron chi connectivity index (χ3n) is 2.55. The van der Waals surface area contributed by atoms with Gasteiger partial charge in [0, 0.05) is 0 Å². The van der Waals surface area contributed by atoms with Crippen LogP contribution in [-0.4, -0.2) is 36.6 Å². The molecule has 0 fully saturated rings. The average Bonchev–Trinajstić information content (AvgIpc) is 2.26. The van der Waals surface area contributed by atoms with Crippen LogP contribution < -0.4 is 10.2 Å². The zero-order valence-electron chi connectivity index (χ0n) is 16.0. The van der Waals surface area contributed by atoms with Crippen LogP contribution in [0.2, 0.25) is 21.1 Å². The van der Waals surface area contributed by atoms with E-state index in [1.807, 2.05) is 0 Å². The third kappa shape index (κ3) is 50.0. The van der Waals surface area contributed by atoms with Gasteiger partial charge in [0.1, 0.15) is 0 Å². The SMILES string of the molecule is CC(C)[CH2][Al+][CH2]C(C)C.CC(C)[CH2][Al+][CH2]C(C)C.O=C([O-])[O-]. The van der Waals surface area contributed by atoms with Crippen molar-refractivity contribution < 1.29 is 15.0 Å². The quantitative estimate of drug-likeness (QED) is 0.636. The Balaban J connectivity index is -0.000000266. The van der Waals surface area contributed by atoms with Gasteiger partial charge in [-0.3, -0.25) is 0 Å². The van der Waals surface area contributed by atoms with Gasteiger partial charge in [-0.25, -0.2) is 0 Å². The summed E-state index contributed by atoms with van der Waals surface area (Å²) in [4.78, 5) is 8.33. The summed E-state index contributed by atoms with van der Waals surface area (Å²) in [5.74, 6) is 3.72. The molecule has 0 unspecified atom stereocenters. The van der Waals surface area contributed by atoms with E-state index in [0.717, 1.165) is 54.1 Å². The molecule has 0 spiro atoms. The molecule has 0 atom stereocenters. The number of rotatable bonds is 8. The molecule has 0 rings (SSSR count). The Morgan fingerprint density at radius 2 is 0.773 bits per heavy atom. The number of hydrogen-bond donors (Lipinski definition) is 0. The number of carbonyl (C=O) groups is 1. The summed E-state index contributed by atoms with van der Waals surface area (Å²) in [6.45, 7) is 18.5. The summed E-state index contributed by atoms with van der Waals surface area (Å²) in [6.07, 6.45) is -2.33. The van der Waals surface area contributed by atoms with Crippen LogP contribution in [-0.2, 0) is 0 Å². The Bertz CT molecular complexity index is 192. The molecule has 0 aromatic rings. The molecule has 0 aliphatic heterocycles. The first kappa shape index (κ1) is 27.2. The van der Waals surface area contributed by atoms with E-state index in [1.54, 1.807) is 0 Å². The van der Waals surface area contributed by atoms with Gasteiger partial charge in [0.2, 0.25) is 0 Å². The van der Waals surface area contributed by atoms with Gasteiger partial charge in [-0.1, -0.05) is 0 Å². The first-order chi connectivity index (χ1) is 9.98. The Labute approximate surface area is 151 Å². The molecule has 5 heteroatoms. The zero-order valence-corrected chi connectivity index (χ0v) is 18.3. The van der Waals surface area contributed by atoms with E-state index in [1.165, 1.54) is 21.1 Å². The van der Waals surface area contributed by atoms with E-state index in [9.17, 15) is 0 Å². The van der Waals surface area contributed by atoms with Gasteiger partial charge in [0.05, 0.1) is 0 Å². The van der Waals surface area contributed by atoms with Crippen LogP contribution in [0.3, 0.4) is 0 Å². The fraction of sp³-hybridized carbons (Fsp3) is 0.941. The Hall–Kier alpha value is 0.335. The summed E-state index contributed by atoms with van der Waals surface area (Å²) >= 11 is 1.51. The summed E-state index contributed by atoms with van der Waals surface area (Å²) in [5, 5.41) is 22.6. The second-order valence-electron chi connectivity index (χ2n) is 7.35. The third-order valence-corrected chi connectivity index (χ3v) is 7.66. The number of hydrogen-bond acceptors (Lipinski definition) is 3. The second kappa shape index (κ2) is 19.4. The molecule has 0 aromatic heterocycles. The molecule has 3 nitrogen and oxygen atoms in total. The molecule has 0 aliphatic rings. The minimum Gasteiger partial charge on any atom is -0.652 e. The van der Waals surface area contributed by atoms with Crippen molar-refractivity contribution in [2.45, 2.75) is 76.5 Å². The van der Waals surface area contributed by atoms with Gasteiger partial charge >= 0.3 is 131 Å². The Kier molecular flexibility index (Phi) is 24.0. The monoisotopic (exact) mass is 342 g/mol. The predicted octanol–water partition coefficient (Wildman–Crippen LogP) is 3.23. The van der Waals surface area contributed by atoms with E-state index in [0.29, 0.717) is 0 Å². The number of carboxylic acid groups (broad SMARTS) is 2. The predicted molar refractivity (Wildman–Crippen MR) is 95.5 cm³/mol. The van der Waals surface area contributed by atoms with Crippen molar-refractivity contribution in [1.29, 1.82) is 0 Å². The smallest absolute Gasteiger partial charge is 0.0431 e. The van der Waals surface area contributed by atoms with Crippen LogP contribution in [0.4, 0.5) is 4.79 Å². The van der Waals surface area contributed by atoms with Crippen molar-refractivity contribution in [3.05, 3.63) is 0 Å². The van der Waals surface area contributed by atoms with Crippen molar-refractivity contribution >= 4 is 36.6 Å². The van der Waals surface area contributed by atoms with Crippen molar-refractivity contribution in [2.24, 2.45) is 23.7 Å². The van der Waals surface area contributed by atoms with Gasteiger partial charge in [0.25, 0.3) is 0 Å². The van der Waals surface area contributed by atoms with Crippen LogP contribution >= 0.6 is 0 Å². The standard InChI is InChI=1S/4C4H9.CH2O3.2Al/c4*1-4(2)3;2-1(3)4;;/h4*4H,1H2,2-3H3;(H2,2,3,4);;/q;;;;;2*+1/p-2. The Morgan fingerprint density at radius 1 is 0.636 bits per heavy atom. The summed E-state index contributed by atoms with van der Waals surface area (Å²) in [7, 11) is 0. The summed E-state index contributed by atoms with van der Waals surface area (Å²) in [5.41, 5.74) is 0. The molecule has 0 N–H and O–H groups in total. The molecule has 22 heavy (non-hydrogen) atoms. The minimum absolute atomic E-state index is 0.755. The summed E-state index contributed by atoms with van der Waals surface area (Å²) < 4.78 is 0. The van der Waals surface area contributed by atoms with Crippen LogP contribution in [0.15, 0.2) is 0 Å². The molecule has 0 saturated carbocycles. The van der Waals surface area contributed by atoms with Crippen LogP contribution in [0.1, 0.15) is 55.4 Å². The fourth-order valence-corrected chi connectivity index (χ4v) is 4.58. The van der Waals surface area contributed by atoms with Crippen molar-refractivity contribution in [3.63, 3.8) is 0 Å². The molecule has 0 amide bonds. The molecule has 0 heterocycles. The van der Waals surface area contributed by atoms with Crippen molar-refractivity contribution in [3.8, 4) is 0 Å². The minimum atomic E-state index is -2.33. The maximum Gasteiger partial charge on any atom is -0.0431 e. The van der Waals surface area contributed by atoms with Crippen LogP contribution in [0.25, 0.3) is 0 Å². The molecule has 0 bridgehead atoms. The average molecular weight is 342 g/mol. The van der Waals surface area contributed by atoms with E-state index >= 15 is 0 Å². The van der Waals surface area contributed by atoms with Crippen LogP contribution in [0, 0.1) is 23.7 Å². The molecular weight excluding hydrogens is 306 g/mol. The molecular formula is C17H36Al2O3. The first-order valence-corrected chi connectivity index (χ1v) is 11.8. The largest absolute Gasteiger partial charge is 0.652 e. The zero-order chi connectivity index (χ0) is 18.1. The topological polar surface area (TPSA) is 63.2 Å². The molecule has 128 valence electrons. The maximum atomic E-state index is 8.33. The van der Waals surface area contributed by atoms with Gasteiger partial charge in [-0.05, 0) is 6.16 Å².